The van der Waals surface area contributed by atoms with E-state index in [1.807, 2.05) is 0 Å². The van der Waals surface area contributed by atoms with Gasteiger partial charge in [-0.05, 0) is 0 Å². The molecule has 2 N–H and O–H groups in total. The fourth-order valence-electron chi connectivity index (χ4n) is 0.286. The first-order valence-corrected chi connectivity index (χ1v) is 3.30. The van der Waals surface area contributed by atoms with Crippen molar-refractivity contribution in [2.45, 2.75) is 5.66 Å². The second-order valence-electron chi connectivity index (χ2n) is 1.36. The topological polar surface area (TPSA) is 115 Å². The largest absolute Gasteiger partial charge is 0.594 e. The quantitative estimate of drug-likeness (QED) is 0.394. The molecule has 0 radical (unpaired) electrons. The van der Waals surface area contributed by atoms with E-state index in [0.717, 1.165) is 0 Å². The van der Waals surface area contributed by atoms with Crippen LogP contribution in [0.15, 0.2) is 0 Å². The fourth-order valence-corrected chi connectivity index (χ4v) is 0.647. The number of rotatable bonds is 3. The van der Waals surface area contributed by atoms with Crippen LogP contribution in [0, 0.1) is 0 Å². The number of carboxylic acids is 2. The Morgan fingerprint density at radius 1 is 1.30 bits per heavy atom. The minimum Gasteiger partial charge on any atom is -0.594 e. The maximum Gasteiger partial charge on any atom is 0.367 e. The molecule has 0 aromatic rings. The van der Waals surface area contributed by atoms with Gasteiger partial charge in [0.2, 0.25) is 0 Å². The molecule has 56 valence electrons. The van der Waals surface area contributed by atoms with Gasteiger partial charge in [-0.1, -0.05) is 4.57 Å². The van der Waals surface area contributed by atoms with E-state index in [1.54, 1.807) is 0 Å². The lowest BCUT2D eigenvalue weighted by molar-refractivity contribution is -0.171. The molecule has 1 unspecified atom stereocenters. The Balaban J connectivity index is 4.43. The molecule has 0 spiro atoms. The van der Waals surface area contributed by atoms with Gasteiger partial charge in [-0.2, -0.15) is 0 Å². The Labute approximate surface area is 56.0 Å². The lowest BCUT2D eigenvalue weighted by Crippen LogP contribution is -2.28. The minimum atomic E-state index is -3.44. The van der Waals surface area contributed by atoms with E-state index in [0.29, 0.717) is 0 Å². The van der Waals surface area contributed by atoms with Crippen LogP contribution in [-0.2, 0) is 14.2 Å². The highest BCUT2D eigenvalue weighted by atomic mass is 31.1. The third-order valence-electron chi connectivity index (χ3n) is 0.679. The predicted molar refractivity (Wildman–Crippen MR) is 26.7 cm³/mol. The van der Waals surface area contributed by atoms with Gasteiger partial charge in [0.1, 0.15) is 0 Å². The van der Waals surface area contributed by atoms with Gasteiger partial charge in [-0.25, -0.2) is 9.59 Å². The molecule has 0 heterocycles. The average Bonchev–Trinajstić information content (AvgIpc) is 1.59. The van der Waals surface area contributed by atoms with E-state index in [-0.39, 0.29) is 0 Å². The van der Waals surface area contributed by atoms with Crippen LogP contribution in [0.2, 0.25) is 0 Å². The number of carbonyl (C=O) groups is 2. The van der Waals surface area contributed by atoms with Crippen LogP contribution in [0.1, 0.15) is 0 Å². The Kier molecular flexibility index (Phi) is 2.92. The molecule has 0 aliphatic rings. The summed E-state index contributed by atoms with van der Waals surface area (Å²) in [7, 11) is -3.44. The van der Waals surface area contributed by atoms with Gasteiger partial charge >= 0.3 is 25.6 Å². The molecule has 1 atom stereocenters. The molecular formula is C3H3O6P. The second kappa shape index (κ2) is 3.24. The molecule has 0 saturated heterocycles. The van der Waals surface area contributed by atoms with Crippen LogP contribution in [0.5, 0.6) is 0 Å². The first-order chi connectivity index (χ1) is 4.46. The van der Waals surface area contributed by atoms with E-state index in [9.17, 15) is 19.0 Å². The van der Waals surface area contributed by atoms with Crippen molar-refractivity contribution in [3.8, 4) is 0 Å². The smallest absolute Gasteiger partial charge is 0.367 e. The Morgan fingerprint density at radius 2 is 1.60 bits per heavy atom. The standard InChI is InChI=1S/C3H3O6P/c4-2(5)1(3(6)7)10(8)9/h1H,(H,4,5)(H,6,7). The van der Waals surface area contributed by atoms with E-state index in [1.165, 1.54) is 0 Å². The van der Waals surface area contributed by atoms with Gasteiger partial charge in [0.05, 0.1) is 0 Å². The molecule has 0 aromatic carbocycles. The second-order valence-corrected chi connectivity index (χ2v) is 2.45. The Hall–Kier alpha value is -1.00. The lowest BCUT2D eigenvalue weighted by Gasteiger charge is -1.94. The number of carboxylic acid groups (broad SMARTS) is 2. The molecule has 10 heavy (non-hydrogen) atoms. The molecule has 0 aliphatic carbocycles. The van der Waals surface area contributed by atoms with E-state index < -0.39 is 25.6 Å². The monoisotopic (exact) mass is 166 g/mol. The molecule has 6 nitrogen and oxygen atoms in total. The number of hydrogen-bond acceptors (Lipinski definition) is 4. The summed E-state index contributed by atoms with van der Waals surface area (Å²) >= 11 is 0. The van der Waals surface area contributed by atoms with E-state index >= 15 is 0 Å². The molecule has 0 aliphatic heterocycles. The van der Waals surface area contributed by atoms with Crippen molar-refractivity contribution in [2.24, 2.45) is 0 Å². The first kappa shape index (κ1) is 9.00. The Morgan fingerprint density at radius 3 is 1.60 bits per heavy atom. The summed E-state index contributed by atoms with van der Waals surface area (Å²) in [5, 5.41) is 15.9. The summed E-state index contributed by atoms with van der Waals surface area (Å²) in [6, 6.07) is 0. The predicted octanol–water partition coefficient (Wildman–Crippen LogP) is -1.37. The molecule has 0 bridgehead atoms. The van der Waals surface area contributed by atoms with Crippen molar-refractivity contribution in [1.29, 1.82) is 0 Å². The van der Waals surface area contributed by atoms with Crippen LogP contribution in [0.4, 0.5) is 0 Å². The van der Waals surface area contributed by atoms with Crippen LogP contribution in [0.3, 0.4) is 0 Å². The summed E-state index contributed by atoms with van der Waals surface area (Å²) in [5.41, 5.74) is -2.32. The van der Waals surface area contributed by atoms with E-state index in [4.69, 9.17) is 10.2 Å². The molecule has 0 saturated carbocycles. The van der Waals surface area contributed by atoms with Gasteiger partial charge in [-0.3, -0.25) is 0 Å². The molecule has 0 fully saturated rings. The molecular weight excluding hydrogens is 163 g/mol. The van der Waals surface area contributed by atoms with Crippen LogP contribution >= 0.6 is 8.03 Å². The summed E-state index contributed by atoms with van der Waals surface area (Å²) in [6.07, 6.45) is 0. The number of hydrogen-bond donors (Lipinski definition) is 2. The van der Waals surface area contributed by atoms with Crippen molar-refractivity contribution in [3.63, 3.8) is 0 Å². The van der Waals surface area contributed by atoms with Crippen molar-refractivity contribution in [3.05, 3.63) is 0 Å². The van der Waals surface area contributed by atoms with E-state index in [2.05, 4.69) is 0 Å². The summed E-state index contributed by atoms with van der Waals surface area (Å²) in [4.78, 5) is 29.5. The normalized spacial score (nSPS) is 11.2. The van der Waals surface area contributed by atoms with Crippen molar-refractivity contribution in [1.82, 2.24) is 0 Å². The van der Waals surface area contributed by atoms with Gasteiger partial charge < -0.3 is 15.1 Å². The third kappa shape index (κ3) is 2.08. The summed E-state index contributed by atoms with van der Waals surface area (Å²) < 4.78 is 9.86. The third-order valence-corrected chi connectivity index (χ3v) is 1.54. The fraction of sp³-hybridized carbons (Fsp3) is 0.333. The maximum atomic E-state index is 9.86. The maximum absolute atomic E-state index is 9.86. The minimum absolute atomic E-state index is 1.87. The highest BCUT2D eigenvalue weighted by Gasteiger charge is 2.38. The van der Waals surface area contributed by atoms with Crippen LogP contribution < -0.4 is 4.89 Å². The molecule has 0 rings (SSSR count). The SMILES string of the molecule is O=C(O)C(C(=O)O)[P+](=O)[O-]. The van der Waals surface area contributed by atoms with Crippen molar-refractivity contribution in [2.75, 3.05) is 0 Å². The van der Waals surface area contributed by atoms with Gasteiger partial charge in [0.15, 0.2) is 0 Å². The molecule has 0 amide bonds. The van der Waals surface area contributed by atoms with Crippen molar-refractivity contribution >= 4 is 20.0 Å². The zero-order valence-electron chi connectivity index (χ0n) is 4.55. The Bertz CT molecular complexity index is 152. The van der Waals surface area contributed by atoms with Gasteiger partial charge in [0, 0.05) is 0 Å². The zero-order valence-corrected chi connectivity index (χ0v) is 5.45. The highest BCUT2D eigenvalue weighted by Crippen LogP contribution is 2.17. The lowest BCUT2D eigenvalue weighted by atomic mass is 10.4. The zero-order chi connectivity index (χ0) is 8.31. The van der Waals surface area contributed by atoms with Gasteiger partial charge in [0.25, 0.3) is 0 Å². The highest BCUT2D eigenvalue weighted by molar-refractivity contribution is 7.40. The molecule has 0 aromatic heterocycles. The average molecular weight is 166 g/mol. The first-order valence-electron chi connectivity index (χ1n) is 2.06. The molecule has 7 heteroatoms. The summed E-state index contributed by atoms with van der Waals surface area (Å²) in [5.74, 6) is -3.74. The number of aliphatic carboxylic acids is 2. The summed E-state index contributed by atoms with van der Waals surface area (Å²) in [6.45, 7) is 0. The van der Waals surface area contributed by atoms with Crippen molar-refractivity contribution < 1.29 is 29.3 Å². The van der Waals surface area contributed by atoms with Crippen LogP contribution in [0.25, 0.3) is 0 Å². The van der Waals surface area contributed by atoms with Crippen LogP contribution in [-0.4, -0.2) is 27.8 Å². The van der Waals surface area contributed by atoms with Gasteiger partial charge in [-0.15, -0.1) is 0 Å².